The number of carboxylic acids is 1. The van der Waals surface area contributed by atoms with Crippen molar-refractivity contribution >= 4 is 11.9 Å². The number of carbonyl (C=O) groups is 2. The zero-order valence-electron chi connectivity index (χ0n) is 14.0. The molecule has 0 unspecified atom stereocenters. The minimum Gasteiger partial charge on any atom is -0.481 e. The van der Waals surface area contributed by atoms with Crippen molar-refractivity contribution in [1.82, 2.24) is 4.90 Å². The number of carbonyl (C=O) groups excluding carboxylic acids is 1. The third kappa shape index (κ3) is 5.68. The lowest BCUT2D eigenvalue weighted by atomic mass is 9.94. The van der Waals surface area contributed by atoms with Crippen LogP contribution in [0.3, 0.4) is 0 Å². The van der Waals surface area contributed by atoms with Gasteiger partial charge in [-0.25, -0.2) is 0 Å². The quantitative estimate of drug-likeness (QED) is 0.747. The second-order valence-corrected chi connectivity index (χ2v) is 7.17. The molecule has 1 aliphatic rings. The Morgan fingerprint density at radius 3 is 1.90 bits per heavy atom. The molecule has 4 nitrogen and oxygen atoms in total. The molecule has 1 N–H and O–H groups in total. The van der Waals surface area contributed by atoms with Gasteiger partial charge in [-0.05, 0) is 37.5 Å². The van der Waals surface area contributed by atoms with Crippen molar-refractivity contribution in [2.24, 2.45) is 23.7 Å². The highest BCUT2D eigenvalue weighted by molar-refractivity contribution is 5.85. The predicted molar refractivity (Wildman–Crippen MR) is 84.0 cm³/mol. The third-order valence-corrected chi connectivity index (χ3v) is 4.41. The van der Waals surface area contributed by atoms with E-state index in [1.54, 1.807) is 0 Å². The lowest BCUT2D eigenvalue weighted by molar-refractivity contribution is -0.149. The highest BCUT2D eigenvalue weighted by Crippen LogP contribution is 2.33. The summed E-state index contributed by atoms with van der Waals surface area (Å²) in [5.41, 5.74) is 0. The minimum atomic E-state index is -0.807. The van der Waals surface area contributed by atoms with Gasteiger partial charge in [0, 0.05) is 13.1 Å². The molecule has 0 radical (unpaired) electrons. The lowest BCUT2D eigenvalue weighted by Gasteiger charge is -2.28. The van der Waals surface area contributed by atoms with E-state index in [1.807, 2.05) is 4.90 Å². The zero-order chi connectivity index (χ0) is 16.0. The molecule has 122 valence electrons. The largest absolute Gasteiger partial charge is 0.481 e. The van der Waals surface area contributed by atoms with Crippen molar-refractivity contribution in [3.8, 4) is 0 Å². The summed E-state index contributed by atoms with van der Waals surface area (Å²) in [4.78, 5) is 26.0. The first-order valence-electron chi connectivity index (χ1n) is 8.34. The first kappa shape index (κ1) is 18.0. The van der Waals surface area contributed by atoms with Crippen molar-refractivity contribution in [3.63, 3.8) is 0 Å². The fourth-order valence-electron chi connectivity index (χ4n) is 2.95. The smallest absolute Gasteiger partial charge is 0.307 e. The van der Waals surface area contributed by atoms with E-state index in [2.05, 4.69) is 27.7 Å². The van der Waals surface area contributed by atoms with Crippen LogP contribution in [-0.4, -0.2) is 35.0 Å². The molecule has 1 aliphatic carbocycles. The van der Waals surface area contributed by atoms with E-state index >= 15 is 0 Å². The van der Waals surface area contributed by atoms with Gasteiger partial charge in [-0.3, -0.25) is 9.59 Å². The molecular formula is C17H31NO3. The van der Waals surface area contributed by atoms with Gasteiger partial charge in [0.2, 0.25) is 5.91 Å². The molecule has 0 spiro atoms. The summed E-state index contributed by atoms with van der Waals surface area (Å²) in [5, 5.41) is 9.28. The van der Waals surface area contributed by atoms with Gasteiger partial charge in [-0.1, -0.05) is 34.1 Å². The van der Waals surface area contributed by atoms with E-state index in [9.17, 15) is 14.7 Å². The first-order valence-corrected chi connectivity index (χ1v) is 8.34. The van der Waals surface area contributed by atoms with E-state index < -0.39 is 11.9 Å². The highest BCUT2D eigenvalue weighted by Gasteiger charge is 2.39. The maximum atomic E-state index is 12.7. The molecule has 1 rings (SSSR count). The first-order chi connectivity index (χ1) is 9.82. The summed E-state index contributed by atoms with van der Waals surface area (Å²) in [6.45, 7) is 10.1. The number of rotatable bonds is 8. The van der Waals surface area contributed by atoms with Crippen LogP contribution in [-0.2, 0) is 9.59 Å². The second-order valence-electron chi connectivity index (χ2n) is 7.17. The Balaban J connectivity index is 2.70. The van der Waals surface area contributed by atoms with Crippen LogP contribution in [0.2, 0.25) is 0 Å². The Morgan fingerprint density at radius 2 is 1.48 bits per heavy atom. The molecule has 0 heterocycles. The normalized spacial score (nSPS) is 22.0. The summed E-state index contributed by atoms with van der Waals surface area (Å²) in [6, 6.07) is 0. The monoisotopic (exact) mass is 297 g/mol. The van der Waals surface area contributed by atoms with Crippen LogP contribution in [0.25, 0.3) is 0 Å². The average molecular weight is 297 g/mol. The van der Waals surface area contributed by atoms with Gasteiger partial charge in [0.15, 0.2) is 0 Å². The Kier molecular flexibility index (Phi) is 7.20. The van der Waals surface area contributed by atoms with Crippen molar-refractivity contribution in [3.05, 3.63) is 0 Å². The van der Waals surface area contributed by atoms with Gasteiger partial charge in [-0.2, -0.15) is 0 Å². The van der Waals surface area contributed by atoms with Crippen LogP contribution >= 0.6 is 0 Å². The maximum Gasteiger partial charge on any atom is 0.307 e. The number of aliphatic carboxylic acids is 1. The molecular weight excluding hydrogens is 266 g/mol. The fraction of sp³-hybridized carbons (Fsp3) is 0.882. The van der Waals surface area contributed by atoms with E-state index in [1.165, 1.54) is 0 Å². The van der Waals surface area contributed by atoms with Gasteiger partial charge < -0.3 is 10.0 Å². The molecule has 0 saturated heterocycles. The van der Waals surface area contributed by atoms with Gasteiger partial charge in [-0.15, -0.1) is 0 Å². The molecule has 0 aliphatic heterocycles. The van der Waals surface area contributed by atoms with Gasteiger partial charge >= 0.3 is 5.97 Å². The number of hydrogen-bond acceptors (Lipinski definition) is 2. The summed E-state index contributed by atoms with van der Waals surface area (Å²) < 4.78 is 0. The Morgan fingerprint density at radius 1 is 1.00 bits per heavy atom. The zero-order valence-corrected chi connectivity index (χ0v) is 14.0. The van der Waals surface area contributed by atoms with Crippen LogP contribution in [0.5, 0.6) is 0 Å². The molecule has 1 amide bonds. The molecule has 0 bridgehead atoms. The second kappa shape index (κ2) is 8.40. The molecule has 21 heavy (non-hydrogen) atoms. The van der Waals surface area contributed by atoms with Crippen LogP contribution in [0.4, 0.5) is 0 Å². The Hall–Kier alpha value is -1.06. The maximum absolute atomic E-state index is 12.7. The number of amides is 1. The molecule has 1 saturated carbocycles. The number of hydrogen-bond donors (Lipinski definition) is 1. The predicted octanol–water partition coefficient (Wildman–Crippen LogP) is 3.41. The SMILES string of the molecule is CC(C)CCN(CCC(C)C)C(=O)[C@@H]1CCC[C@@H]1C(=O)O. The fourth-order valence-corrected chi connectivity index (χ4v) is 2.95. The van der Waals surface area contributed by atoms with Crippen LogP contribution < -0.4 is 0 Å². The summed E-state index contributed by atoms with van der Waals surface area (Å²) in [6.07, 6.45) is 4.20. The van der Waals surface area contributed by atoms with E-state index in [0.29, 0.717) is 18.3 Å². The van der Waals surface area contributed by atoms with Crippen LogP contribution in [0.1, 0.15) is 59.8 Å². The summed E-state index contributed by atoms with van der Waals surface area (Å²) in [7, 11) is 0. The topological polar surface area (TPSA) is 57.6 Å². The van der Waals surface area contributed by atoms with E-state index in [-0.39, 0.29) is 11.8 Å². The van der Waals surface area contributed by atoms with Crippen molar-refractivity contribution in [2.45, 2.75) is 59.8 Å². The van der Waals surface area contributed by atoms with Gasteiger partial charge in [0.05, 0.1) is 11.8 Å². The molecule has 0 aromatic heterocycles. The molecule has 0 aromatic carbocycles. The van der Waals surface area contributed by atoms with Crippen LogP contribution in [0, 0.1) is 23.7 Å². The standard InChI is InChI=1S/C17H31NO3/c1-12(2)8-10-18(11-9-13(3)4)16(19)14-6-5-7-15(14)17(20)21/h12-15H,5-11H2,1-4H3,(H,20,21)/t14-,15+/m1/s1. The highest BCUT2D eigenvalue weighted by atomic mass is 16.4. The van der Waals surface area contributed by atoms with E-state index in [0.717, 1.165) is 38.8 Å². The van der Waals surface area contributed by atoms with Crippen molar-refractivity contribution in [1.29, 1.82) is 0 Å². The third-order valence-electron chi connectivity index (χ3n) is 4.41. The summed E-state index contributed by atoms with van der Waals surface area (Å²) >= 11 is 0. The van der Waals surface area contributed by atoms with Gasteiger partial charge in [0.1, 0.15) is 0 Å². The van der Waals surface area contributed by atoms with Crippen molar-refractivity contribution < 1.29 is 14.7 Å². The lowest BCUT2D eigenvalue weighted by Crippen LogP contribution is -2.41. The molecule has 1 fully saturated rings. The summed E-state index contributed by atoms with van der Waals surface area (Å²) in [5.74, 6) is -0.406. The molecule has 4 heteroatoms. The van der Waals surface area contributed by atoms with Gasteiger partial charge in [0.25, 0.3) is 0 Å². The minimum absolute atomic E-state index is 0.0706. The molecule has 0 aromatic rings. The number of nitrogens with zero attached hydrogens (tertiary/aromatic N) is 1. The number of carboxylic acid groups (broad SMARTS) is 1. The Bertz CT molecular complexity index is 340. The Labute approximate surface area is 128 Å². The average Bonchev–Trinajstić information content (AvgIpc) is 2.86. The molecule has 2 atom stereocenters. The van der Waals surface area contributed by atoms with Crippen LogP contribution in [0.15, 0.2) is 0 Å². The van der Waals surface area contributed by atoms with E-state index in [4.69, 9.17) is 0 Å². The van der Waals surface area contributed by atoms with Crippen molar-refractivity contribution in [2.75, 3.05) is 13.1 Å².